The molecule has 8 aromatic rings. The number of benzene rings is 5. The predicted octanol–water partition coefficient (Wildman–Crippen LogP) is 9.76. The Morgan fingerprint density at radius 3 is 1.41 bits per heavy atom. The predicted molar refractivity (Wildman–Crippen MR) is 225 cm³/mol. The van der Waals surface area contributed by atoms with Crippen molar-refractivity contribution in [2.45, 2.75) is 13.2 Å². The van der Waals surface area contributed by atoms with Crippen molar-refractivity contribution in [3.05, 3.63) is 175 Å². The smallest absolute Gasteiger partial charge is 0.342 e. The minimum atomic E-state index is -0.714. The van der Waals surface area contributed by atoms with Crippen LogP contribution in [0, 0.1) is 0 Å². The second-order valence-corrected chi connectivity index (χ2v) is 16.7. The molecule has 0 saturated carbocycles. The lowest BCUT2D eigenvalue weighted by Crippen LogP contribution is -2.10. The highest BCUT2D eigenvalue weighted by molar-refractivity contribution is 7.33. The number of thiophene rings is 1. The molecule has 59 heavy (non-hydrogen) atoms. The van der Waals surface area contributed by atoms with Crippen LogP contribution in [0.5, 0.6) is 0 Å². The second-order valence-electron chi connectivity index (χ2n) is 13.6. The van der Waals surface area contributed by atoms with E-state index in [4.69, 9.17) is 19.4 Å². The van der Waals surface area contributed by atoms with Crippen LogP contribution < -0.4 is 0 Å². The zero-order valence-corrected chi connectivity index (χ0v) is 32.8. The molecule has 284 valence electrons. The van der Waals surface area contributed by atoms with Gasteiger partial charge in [0.05, 0.1) is 36.3 Å². The maximum absolute atomic E-state index is 14.5. The molecule has 0 amide bonds. The average Bonchev–Trinajstić information content (AvgIpc) is 4.05. The summed E-state index contributed by atoms with van der Waals surface area (Å²) in [6.45, 7) is -0.107. The molecule has 0 radical (unpaired) electrons. The average molecular weight is 829 g/mol. The van der Waals surface area contributed by atoms with E-state index in [1.165, 1.54) is 12.2 Å². The molecule has 3 heterocycles. The van der Waals surface area contributed by atoms with Gasteiger partial charge in [-0.2, -0.15) is 0 Å². The lowest BCUT2D eigenvalue weighted by Gasteiger charge is -2.11. The van der Waals surface area contributed by atoms with Gasteiger partial charge in [-0.25, -0.2) is 19.6 Å². The number of ether oxygens (including phenoxy) is 2. The summed E-state index contributed by atoms with van der Waals surface area (Å²) in [6.07, 6.45) is 2.85. The van der Waals surface area contributed by atoms with Gasteiger partial charge >= 0.3 is 11.9 Å². The molecule has 0 fully saturated rings. The number of Topliss-reactive ketones (excluding diaryl/α,β-unsaturated/α-hetero) is 4. The van der Waals surface area contributed by atoms with Crippen LogP contribution in [0.15, 0.2) is 120 Å². The minimum Gasteiger partial charge on any atom is -0.457 e. The third-order valence-corrected chi connectivity index (χ3v) is 13.3. The van der Waals surface area contributed by atoms with Crippen molar-refractivity contribution in [2.75, 3.05) is 0 Å². The molecule has 10 nitrogen and oxygen atoms in total. The number of fused-ring (bicyclic) bond motifs is 6. The number of esters is 2. The molecule has 5 aromatic carbocycles. The van der Waals surface area contributed by atoms with E-state index in [9.17, 15) is 28.8 Å². The molecule has 13 heteroatoms. The van der Waals surface area contributed by atoms with E-state index in [1.807, 2.05) is 60.7 Å². The molecule has 0 spiro atoms. The van der Waals surface area contributed by atoms with Crippen LogP contribution in [-0.2, 0) is 22.7 Å². The molecule has 0 atom stereocenters. The van der Waals surface area contributed by atoms with Crippen LogP contribution in [0.25, 0.3) is 42.0 Å². The van der Waals surface area contributed by atoms with Gasteiger partial charge < -0.3 is 9.47 Å². The monoisotopic (exact) mass is 828 g/mol. The van der Waals surface area contributed by atoms with Gasteiger partial charge in [0.1, 0.15) is 33.6 Å². The number of hydrogen-bond acceptors (Lipinski definition) is 13. The maximum Gasteiger partial charge on any atom is 0.342 e. The summed E-state index contributed by atoms with van der Waals surface area (Å²) in [4.78, 5) is 92.3. The Morgan fingerprint density at radius 2 is 0.915 bits per heavy atom. The Bertz CT molecular complexity index is 3150. The number of hydrogen-bond donors (Lipinski definition) is 0. The second kappa shape index (κ2) is 14.4. The molecule has 2 aliphatic carbocycles. The number of carbonyl (C=O) groups is 6. The Balaban J connectivity index is 1.17. The topological polar surface area (TPSA) is 147 Å². The summed E-state index contributed by atoms with van der Waals surface area (Å²) in [6, 6.07) is 31.5. The molecule has 0 saturated heterocycles. The SMILES string of the molecule is O=C1C(=Cc2nc3c(C(=O)OCc4ccccc4)c4sc5nc(C=C6C(=O)c7ccccc7C6=O)sc5c4c(C(=O)OCc4ccccc4)c3s2)C(=O)c2ccccc21. The van der Waals surface area contributed by atoms with E-state index < -0.39 is 35.1 Å². The summed E-state index contributed by atoms with van der Waals surface area (Å²) in [5, 5.41) is 0.919. The summed E-state index contributed by atoms with van der Waals surface area (Å²) in [7, 11) is 0. The maximum atomic E-state index is 14.5. The van der Waals surface area contributed by atoms with Crippen molar-refractivity contribution in [3.8, 4) is 0 Å². The van der Waals surface area contributed by atoms with Gasteiger partial charge in [-0.1, -0.05) is 109 Å². The van der Waals surface area contributed by atoms with Gasteiger partial charge in [0.2, 0.25) is 0 Å². The van der Waals surface area contributed by atoms with Crippen LogP contribution in [0.4, 0.5) is 0 Å². The number of ketones is 4. The first kappa shape index (κ1) is 36.3. The normalized spacial score (nSPS) is 13.4. The molecule has 0 N–H and O–H groups in total. The van der Waals surface area contributed by atoms with Crippen molar-refractivity contribution in [1.29, 1.82) is 0 Å². The standard InChI is InChI=1S/C46H24N2O8S3/c49-37-25-15-7-8-16-26(25)38(50)29(37)19-31-47-36-35(46(54)56-22-24-13-5-2-6-14-24)41-33(34(42(36)57-31)45(53)55-21-23-11-3-1-4-12-23)43-44(59-41)48-32(58-43)20-30-39(51)27-17-9-10-18-28(27)40(30)52/h1-20H,21-22H2. The molecule has 0 unspecified atom stereocenters. The Labute approximate surface area is 345 Å². The van der Waals surface area contributed by atoms with Gasteiger partial charge in [0.15, 0.2) is 23.1 Å². The van der Waals surface area contributed by atoms with Crippen molar-refractivity contribution >= 4 is 111 Å². The quantitative estimate of drug-likeness (QED) is 0.0824. The Morgan fingerprint density at radius 1 is 0.492 bits per heavy atom. The molecule has 0 aliphatic heterocycles. The third kappa shape index (κ3) is 6.14. The third-order valence-electron chi connectivity index (χ3n) is 10.0. The molecule has 10 rings (SSSR count). The fourth-order valence-electron chi connectivity index (χ4n) is 7.25. The number of carbonyl (C=O) groups excluding carboxylic acids is 6. The van der Waals surface area contributed by atoms with E-state index in [0.29, 0.717) is 35.8 Å². The highest BCUT2D eigenvalue weighted by Crippen LogP contribution is 2.47. The minimum absolute atomic E-state index is 0.0229. The molecule has 2 aliphatic rings. The van der Waals surface area contributed by atoms with E-state index in [1.54, 1.807) is 48.5 Å². The first-order valence-electron chi connectivity index (χ1n) is 18.2. The van der Waals surface area contributed by atoms with E-state index in [0.717, 1.165) is 45.1 Å². The van der Waals surface area contributed by atoms with Crippen molar-refractivity contribution in [3.63, 3.8) is 0 Å². The lowest BCUT2D eigenvalue weighted by atomic mass is 10.0. The summed E-state index contributed by atoms with van der Waals surface area (Å²) in [5.74, 6) is -3.14. The number of nitrogens with zero attached hydrogens (tertiary/aromatic N) is 2. The zero-order chi connectivity index (χ0) is 40.4. The van der Waals surface area contributed by atoms with Gasteiger partial charge in [0.25, 0.3) is 0 Å². The number of rotatable bonds is 8. The summed E-state index contributed by atoms with van der Waals surface area (Å²) in [5.41, 5.74) is 2.89. The number of allylic oxidation sites excluding steroid dienone is 2. The van der Waals surface area contributed by atoms with Crippen LogP contribution in [0.1, 0.15) is 83.3 Å². The fourth-order valence-corrected chi connectivity index (χ4v) is 10.8. The van der Waals surface area contributed by atoms with Gasteiger partial charge in [-0.3, -0.25) is 19.2 Å². The van der Waals surface area contributed by atoms with Gasteiger partial charge in [-0.15, -0.1) is 34.0 Å². The van der Waals surface area contributed by atoms with E-state index in [2.05, 4.69) is 0 Å². The number of aromatic nitrogens is 2. The zero-order valence-electron chi connectivity index (χ0n) is 30.3. The van der Waals surface area contributed by atoms with Crippen molar-refractivity contribution < 1.29 is 38.2 Å². The Hall–Kier alpha value is -7.06. The molecular formula is C46H24N2O8S3. The first-order valence-corrected chi connectivity index (χ1v) is 20.6. The van der Waals surface area contributed by atoms with Crippen LogP contribution in [0.3, 0.4) is 0 Å². The number of thiazole rings is 2. The van der Waals surface area contributed by atoms with Crippen LogP contribution >= 0.6 is 34.0 Å². The highest BCUT2D eigenvalue weighted by atomic mass is 32.1. The largest absolute Gasteiger partial charge is 0.457 e. The molecule has 0 bridgehead atoms. The lowest BCUT2D eigenvalue weighted by molar-refractivity contribution is 0.0465. The molecule has 3 aromatic heterocycles. The van der Waals surface area contributed by atoms with E-state index >= 15 is 0 Å². The first-order chi connectivity index (χ1) is 28.7. The molecular weight excluding hydrogens is 805 g/mol. The van der Waals surface area contributed by atoms with E-state index in [-0.39, 0.29) is 61.8 Å². The van der Waals surface area contributed by atoms with Gasteiger partial charge in [-0.05, 0) is 23.3 Å². The van der Waals surface area contributed by atoms with Crippen LogP contribution in [0.2, 0.25) is 0 Å². The summed E-state index contributed by atoms with van der Waals surface area (Å²) < 4.78 is 13.0. The van der Waals surface area contributed by atoms with Gasteiger partial charge in [0, 0.05) is 27.6 Å². The van der Waals surface area contributed by atoms with Crippen molar-refractivity contribution in [1.82, 2.24) is 9.97 Å². The van der Waals surface area contributed by atoms with Crippen LogP contribution in [-0.4, -0.2) is 45.0 Å². The highest BCUT2D eigenvalue weighted by Gasteiger charge is 2.36. The Kier molecular flexibility index (Phi) is 8.86. The summed E-state index contributed by atoms with van der Waals surface area (Å²) >= 11 is 3.32. The van der Waals surface area contributed by atoms with Crippen molar-refractivity contribution in [2.24, 2.45) is 0 Å². The fraction of sp³-hybridized carbons (Fsp3) is 0.0435.